The van der Waals surface area contributed by atoms with E-state index in [-0.39, 0.29) is 5.91 Å². The molecule has 0 bridgehead atoms. The van der Waals surface area contributed by atoms with Crippen molar-refractivity contribution in [1.82, 2.24) is 15.3 Å². The molecule has 0 fully saturated rings. The molecule has 70 valence electrons. The molecule has 5 heteroatoms. The third-order valence-corrected chi connectivity index (χ3v) is 1.39. The highest BCUT2D eigenvalue weighted by molar-refractivity contribution is 5.72. The van der Waals surface area contributed by atoms with Crippen LogP contribution in [0.1, 0.15) is 6.92 Å². The van der Waals surface area contributed by atoms with E-state index in [0.717, 1.165) is 5.82 Å². The Morgan fingerprint density at radius 2 is 2.38 bits per heavy atom. The largest absolute Gasteiger partial charge is 0.368 e. The highest BCUT2D eigenvalue weighted by atomic mass is 16.1. The molecule has 0 saturated carbocycles. The average Bonchev–Trinajstić information content (AvgIpc) is 2.14. The lowest BCUT2D eigenvalue weighted by molar-refractivity contribution is -0.118. The van der Waals surface area contributed by atoms with Crippen LogP contribution < -0.4 is 10.6 Å². The minimum absolute atomic E-state index is 0.0236. The minimum Gasteiger partial charge on any atom is -0.368 e. The molecule has 1 aromatic rings. The fourth-order valence-electron chi connectivity index (χ4n) is 0.824. The fraction of sp³-hybridized carbons (Fsp3) is 0.375. The zero-order valence-electron chi connectivity index (χ0n) is 7.45. The van der Waals surface area contributed by atoms with E-state index in [1.165, 1.54) is 13.3 Å². The smallest absolute Gasteiger partial charge is 0.216 e. The normalized spacial score (nSPS) is 9.31. The minimum atomic E-state index is -0.0236. The molecule has 0 aliphatic heterocycles. The van der Waals surface area contributed by atoms with Crippen LogP contribution in [0.4, 0.5) is 5.82 Å². The summed E-state index contributed by atoms with van der Waals surface area (Å²) in [5, 5.41) is 5.71. The second kappa shape index (κ2) is 5.08. The van der Waals surface area contributed by atoms with E-state index >= 15 is 0 Å². The van der Waals surface area contributed by atoms with E-state index in [1.807, 2.05) is 0 Å². The van der Waals surface area contributed by atoms with Gasteiger partial charge in [-0.05, 0) is 6.07 Å². The second-order valence-electron chi connectivity index (χ2n) is 2.50. The fourth-order valence-corrected chi connectivity index (χ4v) is 0.824. The second-order valence-corrected chi connectivity index (χ2v) is 2.50. The number of hydrogen-bond acceptors (Lipinski definition) is 4. The molecular weight excluding hydrogens is 168 g/mol. The lowest BCUT2D eigenvalue weighted by Crippen LogP contribution is -2.26. The number of anilines is 1. The number of amides is 1. The third kappa shape index (κ3) is 4.05. The maximum atomic E-state index is 10.5. The van der Waals surface area contributed by atoms with Crippen molar-refractivity contribution in [3.63, 3.8) is 0 Å². The monoisotopic (exact) mass is 180 g/mol. The Labute approximate surface area is 76.6 Å². The van der Waals surface area contributed by atoms with Crippen LogP contribution >= 0.6 is 0 Å². The van der Waals surface area contributed by atoms with Crippen LogP contribution in [0.5, 0.6) is 0 Å². The quantitative estimate of drug-likeness (QED) is 0.641. The predicted octanol–water partition coefficient (Wildman–Crippen LogP) is 0.0246. The number of carbonyl (C=O) groups is 1. The van der Waals surface area contributed by atoms with Crippen molar-refractivity contribution in [3.05, 3.63) is 18.6 Å². The summed E-state index contributed by atoms with van der Waals surface area (Å²) in [6.45, 7) is 2.75. The lowest BCUT2D eigenvalue weighted by atomic mass is 10.5. The van der Waals surface area contributed by atoms with Gasteiger partial charge in [0.2, 0.25) is 5.91 Å². The van der Waals surface area contributed by atoms with Gasteiger partial charge in [0.25, 0.3) is 0 Å². The van der Waals surface area contributed by atoms with Gasteiger partial charge < -0.3 is 10.6 Å². The molecule has 0 aromatic carbocycles. The number of aromatic nitrogens is 2. The summed E-state index contributed by atoms with van der Waals surface area (Å²) in [6, 6.07) is 1.77. The standard InChI is InChI=1S/C8H12N4O/c1-7(13)10-4-5-11-8-2-3-9-6-12-8/h2-3,6H,4-5H2,1H3,(H,10,13)(H,9,11,12). The topological polar surface area (TPSA) is 66.9 Å². The molecule has 0 spiro atoms. The molecule has 13 heavy (non-hydrogen) atoms. The number of nitrogens with one attached hydrogen (secondary N) is 2. The van der Waals surface area contributed by atoms with Crippen molar-refractivity contribution in [2.45, 2.75) is 6.92 Å². The maximum Gasteiger partial charge on any atom is 0.216 e. The van der Waals surface area contributed by atoms with E-state index in [4.69, 9.17) is 0 Å². The van der Waals surface area contributed by atoms with Crippen LogP contribution in [0.15, 0.2) is 18.6 Å². The summed E-state index contributed by atoms with van der Waals surface area (Å²) in [6.07, 6.45) is 3.13. The summed E-state index contributed by atoms with van der Waals surface area (Å²) >= 11 is 0. The van der Waals surface area contributed by atoms with Crippen LogP contribution in [-0.2, 0) is 4.79 Å². The van der Waals surface area contributed by atoms with E-state index in [1.54, 1.807) is 12.3 Å². The van der Waals surface area contributed by atoms with Gasteiger partial charge in [-0.3, -0.25) is 4.79 Å². The Balaban J connectivity index is 2.17. The van der Waals surface area contributed by atoms with E-state index in [9.17, 15) is 4.79 Å². The van der Waals surface area contributed by atoms with E-state index < -0.39 is 0 Å². The molecular formula is C8H12N4O. The van der Waals surface area contributed by atoms with Gasteiger partial charge in [0.05, 0.1) is 0 Å². The SMILES string of the molecule is CC(=O)NCCNc1ccncn1. The number of nitrogens with zero attached hydrogens (tertiary/aromatic N) is 2. The summed E-state index contributed by atoms with van der Waals surface area (Å²) in [7, 11) is 0. The molecule has 2 N–H and O–H groups in total. The molecule has 1 aromatic heterocycles. The van der Waals surface area contributed by atoms with Crippen molar-refractivity contribution in [3.8, 4) is 0 Å². The molecule has 5 nitrogen and oxygen atoms in total. The van der Waals surface area contributed by atoms with Crippen molar-refractivity contribution in [2.24, 2.45) is 0 Å². The van der Waals surface area contributed by atoms with Crippen LogP contribution in [0, 0.1) is 0 Å². The number of rotatable bonds is 4. The first-order valence-corrected chi connectivity index (χ1v) is 4.03. The van der Waals surface area contributed by atoms with Crippen LogP contribution in [0.3, 0.4) is 0 Å². The molecule has 0 saturated heterocycles. The van der Waals surface area contributed by atoms with Crippen LogP contribution in [0.25, 0.3) is 0 Å². The zero-order valence-corrected chi connectivity index (χ0v) is 7.45. The average molecular weight is 180 g/mol. The Bertz CT molecular complexity index is 262. The summed E-state index contributed by atoms with van der Waals surface area (Å²) in [5.74, 6) is 0.741. The van der Waals surface area contributed by atoms with Gasteiger partial charge in [-0.2, -0.15) is 0 Å². The Morgan fingerprint density at radius 3 is 3.00 bits per heavy atom. The highest BCUT2D eigenvalue weighted by Crippen LogP contribution is 1.95. The van der Waals surface area contributed by atoms with Gasteiger partial charge in [0.1, 0.15) is 12.1 Å². The van der Waals surface area contributed by atoms with E-state index in [0.29, 0.717) is 13.1 Å². The first-order chi connectivity index (χ1) is 6.29. The Kier molecular flexibility index (Phi) is 3.69. The molecule has 0 aliphatic rings. The van der Waals surface area contributed by atoms with Crippen LogP contribution in [0.2, 0.25) is 0 Å². The third-order valence-electron chi connectivity index (χ3n) is 1.39. The summed E-state index contributed by atoms with van der Waals surface area (Å²) in [4.78, 5) is 18.2. The number of carbonyl (C=O) groups excluding carboxylic acids is 1. The first kappa shape index (κ1) is 9.44. The predicted molar refractivity (Wildman–Crippen MR) is 49.2 cm³/mol. The Hall–Kier alpha value is -1.65. The molecule has 1 heterocycles. The highest BCUT2D eigenvalue weighted by Gasteiger charge is 1.91. The van der Waals surface area contributed by atoms with Crippen LogP contribution in [-0.4, -0.2) is 29.0 Å². The summed E-state index contributed by atoms with van der Waals surface area (Å²) < 4.78 is 0. The van der Waals surface area contributed by atoms with Gasteiger partial charge in [-0.25, -0.2) is 9.97 Å². The van der Waals surface area contributed by atoms with E-state index in [2.05, 4.69) is 20.6 Å². The first-order valence-electron chi connectivity index (χ1n) is 4.03. The van der Waals surface area contributed by atoms with Crippen molar-refractivity contribution in [2.75, 3.05) is 18.4 Å². The van der Waals surface area contributed by atoms with Crippen molar-refractivity contribution < 1.29 is 4.79 Å². The molecule has 0 radical (unpaired) electrons. The molecule has 1 rings (SSSR count). The van der Waals surface area contributed by atoms with Gasteiger partial charge in [-0.1, -0.05) is 0 Å². The van der Waals surface area contributed by atoms with Gasteiger partial charge in [0.15, 0.2) is 0 Å². The zero-order chi connectivity index (χ0) is 9.52. The lowest BCUT2D eigenvalue weighted by Gasteiger charge is -2.04. The van der Waals surface area contributed by atoms with Gasteiger partial charge in [-0.15, -0.1) is 0 Å². The van der Waals surface area contributed by atoms with Gasteiger partial charge >= 0.3 is 0 Å². The molecule has 1 amide bonds. The molecule has 0 atom stereocenters. The maximum absolute atomic E-state index is 10.5. The Morgan fingerprint density at radius 1 is 1.54 bits per heavy atom. The van der Waals surface area contributed by atoms with Crippen molar-refractivity contribution >= 4 is 11.7 Å². The summed E-state index contributed by atoms with van der Waals surface area (Å²) in [5.41, 5.74) is 0. The number of hydrogen-bond donors (Lipinski definition) is 2. The van der Waals surface area contributed by atoms with Gasteiger partial charge in [0, 0.05) is 26.2 Å². The molecule has 0 unspecified atom stereocenters. The molecule has 0 aliphatic carbocycles. The van der Waals surface area contributed by atoms with Crippen molar-refractivity contribution in [1.29, 1.82) is 0 Å².